The first-order chi connectivity index (χ1) is 21.1. The van der Waals surface area contributed by atoms with Crippen LogP contribution in [0.1, 0.15) is 41.9 Å². The van der Waals surface area contributed by atoms with Crippen LogP contribution in [0.15, 0.2) is 95.5 Å². The van der Waals surface area contributed by atoms with E-state index in [0.29, 0.717) is 51.3 Å². The highest BCUT2D eigenvalue weighted by atomic mass is 35.5. The van der Waals surface area contributed by atoms with Gasteiger partial charge < -0.3 is 10.5 Å². The van der Waals surface area contributed by atoms with Gasteiger partial charge in [0.25, 0.3) is 0 Å². The van der Waals surface area contributed by atoms with Gasteiger partial charge in [0.15, 0.2) is 5.78 Å². The summed E-state index contributed by atoms with van der Waals surface area (Å²) in [5, 5.41) is 20.7. The van der Waals surface area contributed by atoms with Gasteiger partial charge in [-0.1, -0.05) is 17.7 Å². The lowest BCUT2D eigenvalue weighted by molar-refractivity contribution is -0.137. The molecule has 2 N–H and O–H groups in total. The number of fused-ring (bicyclic) bond motifs is 1. The fourth-order valence-corrected chi connectivity index (χ4v) is 5.84. The Morgan fingerprint density at radius 2 is 1.77 bits per heavy atom. The van der Waals surface area contributed by atoms with Crippen molar-refractivity contribution in [3.8, 4) is 23.8 Å². The van der Waals surface area contributed by atoms with E-state index in [1.807, 2.05) is 6.07 Å². The van der Waals surface area contributed by atoms with Crippen molar-refractivity contribution in [2.75, 3.05) is 4.90 Å². The number of nitriles is 2. The molecule has 0 spiro atoms. The molecule has 44 heavy (non-hydrogen) atoms. The van der Waals surface area contributed by atoms with E-state index in [1.165, 1.54) is 17.0 Å². The monoisotopic (exact) mass is 611 g/mol. The van der Waals surface area contributed by atoms with Crippen LogP contribution < -0.4 is 15.4 Å². The first-order valence-electron chi connectivity index (χ1n) is 13.5. The second-order valence-electron chi connectivity index (χ2n) is 10.3. The Morgan fingerprint density at radius 3 is 2.48 bits per heavy atom. The molecule has 0 bridgehead atoms. The Balaban J connectivity index is 1.59. The van der Waals surface area contributed by atoms with Gasteiger partial charge in [0.2, 0.25) is 5.88 Å². The van der Waals surface area contributed by atoms with E-state index in [2.05, 4.69) is 6.07 Å². The fourth-order valence-electron chi connectivity index (χ4n) is 5.66. The highest BCUT2D eigenvalue weighted by Gasteiger charge is 2.42. The minimum atomic E-state index is -4.61. The van der Waals surface area contributed by atoms with E-state index >= 15 is 0 Å². The summed E-state index contributed by atoms with van der Waals surface area (Å²) in [7, 11) is 0. The Bertz CT molecular complexity index is 1990. The van der Waals surface area contributed by atoms with E-state index < -0.39 is 17.7 Å². The molecule has 6 rings (SSSR count). The van der Waals surface area contributed by atoms with Gasteiger partial charge in [-0.2, -0.15) is 23.7 Å². The van der Waals surface area contributed by atoms with Crippen molar-refractivity contribution < 1.29 is 22.7 Å². The molecule has 3 aromatic carbocycles. The summed E-state index contributed by atoms with van der Waals surface area (Å²) in [6.07, 6.45) is -3.63. The van der Waals surface area contributed by atoms with E-state index in [9.17, 15) is 28.5 Å². The number of ether oxygens (including phenoxy) is 1. The predicted molar refractivity (Wildman–Crippen MR) is 157 cm³/mol. The standard InChI is InChI=1S/C33H21ClF3N5O2/c34-21-9-12-26-19(13-21)14-24(32(41-26)44-23-10-7-18(16-38)8-11-23)29-25(17-39)31(40)42(27-5-2-6-28(43)30(27)29)22-4-1-3-20(15-22)33(35,36)37/h1,3-4,7-15,29H,2,5-6,40H2. The van der Waals surface area contributed by atoms with Crippen molar-refractivity contribution in [3.05, 3.63) is 117 Å². The number of pyridine rings is 1. The summed E-state index contributed by atoms with van der Waals surface area (Å²) >= 11 is 6.28. The molecule has 4 aromatic rings. The largest absolute Gasteiger partial charge is 0.439 e. The third-order valence-electron chi connectivity index (χ3n) is 7.62. The molecule has 1 atom stereocenters. The van der Waals surface area contributed by atoms with Gasteiger partial charge in [-0.25, -0.2) is 4.98 Å². The van der Waals surface area contributed by atoms with Gasteiger partial charge in [-0.05, 0) is 79.6 Å². The molecule has 1 aromatic heterocycles. The molecule has 7 nitrogen and oxygen atoms in total. The lowest BCUT2D eigenvalue weighted by atomic mass is 9.75. The molecule has 1 aliphatic heterocycles. The molecule has 0 fully saturated rings. The number of anilines is 1. The molecule has 218 valence electrons. The van der Waals surface area contributed by atoms with Gasteiger partial charge in [0.05, 0.1) is 40.3 Å². The van der Waals surface area contributed by atoms with Crippen molar-refractivity contribution in [1.82, 2.24) is 4.98 Å². The Hall–Kier alpha value is -5.32. The second-order valence-corrected chi connectivity index (χ2v) is 10.8. The number of hydrogen-bond donors (Lipinski definition) is 1. The number of nitrogens with two attached hydrogens (primary N) is 1. The predicted octanol–water partition coefficient (Wildman–Crippen LogP) is 7.88. The molecule has 0 radical (unpaired) electrons. The van der Waals surface area contributed by atoms with E-state index in [1.54, 1.807) is 48.5 Å². The normalized spacial score (nSPS) is 16.9. The second kappa shape index (κ2) is 11.1. The van der Waals surface area contributed by atoms with Crippen LogP contribution in [0.25, 0.3) is 10.9 Å². The number of carbonyl (C=O) groups is 1. The molecule has 0 saturated heterocycles. The first-order valence-corrected chi connectivity index (χ1v) is 13.9. The van der Waals surface area contributed by atoms with Crippen LogP contribution >= 0.6 is 11.6 Å². The van der Waals surface area contributed by atoms with Gasteiger partial charge in [0, 0.05) is 39.4 Å². The summed E-state index contributed by atoms with van der Waals surface area (Å²) in [5.41, 5.74) is 7.75. The SMILES string of the molecule is N#CC1=C(N)N(c2cccc(C(F)(F)F)c2)C2=C(C(=O)CCC2)C1c1cc2cc(Cl)ccc2nc1Oc1ccc(C#N)cc1. The smallest absolute Gasteiger partial charge is 0.416 e. The lowest BCUT2D eigenvalue weighted by Gasteiger charge is -2.40. The van der Waals surface area contributed by atoms with Crippen molar-refractivity contribution in [1.29, 1.82) is 10.5 Å². The van der Waals surface area contributed by atoms with Gasteiger partial charge >= 0.3 is 6.18 Å². The maximum Gasteiger partial charge on any atom is 0.416 e. The Morgan fingerprint density at radius 1 is 1.00 bits per heavy atom. The summed E-state index contributed by atoms with van der Waals surface area (Å²) in [5.74, 6) is -0.932. The molecule has 1 unspecified atom stereocenters. The van der Waals surface area contributed by atoms with E-state index in [-0.39, 0.29) is 40.7 Å². The van der Waals surface area contributed by atoms with Crippen LogP contribution in [-0.4, -0.2) is 10.8 Å². The minimum Gasteiger partial charge on any atom is -0.439 e. The van der Waals surface area contributed by atoms with Crippen LogP contribution in [0.3, 0.4) is 0 Å². The van der Waals surface area contributed by atoms with Gasteiger partial charge in [-0.15, -0.1) is 0 Å². The molecule has 2 heterocycles. The zero-order valence-electron chi connectivity index (χ0n) is 22.8. The van der Waals surface area contributed by atoms with Crippen molar-refractivity contribution >= 4 is 34.0 Å². The van der Waals surface area contributed by atoms with Crippen molar-refractivity contribution in [3.63, 3.8) is 0 Å². The van der Waals surface area contributed by atoms with Gasteiger partial charge in [0.1, 0.15) is 11.6 Å². The third kappa shape index (κ3) is 5.10. The summed E-state index contributed by atoms with van der Waals surface area (Å²) in [6, 6.07) is 21.9. The number of Topliss-reactive ketones (excluding diaryl/α,β-unsaturated/α-hetero) is 1. The third-order valence-corrected chi connectivity index (χ3v) is 7.86. The van der Waals surface area contributed by atoms with Crippen molar-refractivity contribution in [2.45, 2.75) is 31.4 Å². The van der Waals surface area contributed by atoms with Crippen LogP contribution in [0.2, 0.25) is 5.02 Å². The van der Waals surface area contributed by atoms with Gasteiger partial charge in [-0.3, -0.25) is 9.69 Å². The maximum absolute atomic E-state index is 13.7. The molecular weight excluding hydrogens is 591 g/mol. The first kappa shape index (κ1) is 28.8. The molecular formula is C33H21ClF3N5O2. The number of hydrogen-bond acceptors (Lipinski definition) is 7. The molecule has 0 saturated carbocycles. The van der Waals surface area contributed by atoms with Crippen molar-refractivity contribution in [2.24, 2.45) is 5.73 Å². The number of rotatable bonds is 4. The fraction of sp³-hybridized carbons (Fsp3) is 0.152. The molecule has 2 aliphatic rings. The van der Waals surface area contributed by atoms with Crippen LogP contribution in [0.4, 0.5) is 18.9 Å². The summed E-state index contributed by atoms with van der Waals surface area (Å²) in [6.45, 7) is 0. The number of benzene rings is 3. The van der Waals surface area contributed by atoms with Crippen LogP contribution in [0.5, 0.6) is 11.6 Å². The van der Waals surface area contributed by atoms with Crippen LogP contribution in [0, 0.1) is 22.7 Å². The summed E-state index contributed by atoms with van der Waals surface area (Å²) < 4.78 is 47.2. The number of carbonyl (C=O) groups excluding carboxylic acids is 1. The Labute approximate surface area is 254 Å². The molecule has 0 amide bonds. The number of allylic oxidation sites excluding steroid dienone is 3. The zero-order valence-corrected chi connectivity index (χ0v) is 23.6. The molecule has 11 heteroatoms. The Kier molecular flexibility index (Phi) is 7.24. The minimum absolute atomic E-state index is 0.0377. The lowest BCUT2D eigenvalue weighted by Crippen LogP contribution is -2.39. The average molecular weight is 612 g/mol. The quantitative estimate of drug-likeness (QED) is 0.249. The molecule has 1 aliphatic carbocycles. The van der Waals surface area contributed by atoms with E-state index in [0.717, 1.165) is 12.1 Å². The summed E-state index contributed by atoms with van der Waals surface area (Å²) in [4.78, 5) is 19.8. The number of aromatic nitrogens is 1. The van der Waals surface area contributed by atoms with Crippen LogP contribution in [-0.2, 0) is 11.0 Å². The highest BCUT2D eigenvalue weighted by Crippen LogP contribution is 2.49. The topological polar surface area (TPSA) is 116 Å². The number of nitrogens with zero attached hydrogens (tertiary/aromatic N) is 4. The zero-order chi connectivity index (χ0) is 31.2. The average Bonchev–Trinajstić information content (AvgIpc) is 3.00. The maximum atomic E-state index is 13.7. The van der Waals surface area contributed by atoms with E-state index in [4.69, 9.17) is 27.1 Å². The highest BCUT2D eigenvalue weighted by molar-refractivity contribution is 6.31. The number of alkyl halides is 3. The number of ketones is 1. The number of halogens is 4.